The fourth-order valence-corrected chi connectivity index (χ4v) is 2.35. The van der Waals surface area contributed by atoms with Crippen molar-refractivity contribution in [3.63, 3.8) is 0 Å². The lowest BCUT2D eigenvalue weighted by Crippen LogP contribution is -2.52. The Morgan fingerprint density at radius 3 is 2.89 bits per heavy atom. The lowest BCUT2D eigenvalue weighted by atomic mass is 9.78. The molecule has 1 aliphatic carbocycles. The van der Waals surface area contributed by atoms with Gasteiger partial charge in [0.1, 0.15) is 5.02 Å². The zero-order valence-electron chi connectivity index (χ0n) is 11.3. The van der Waals surface area contributed by atoms with Crippen molar-refractivity contribution in [1.82, 2.24) is 9.78 Å². The predicted molar refractivity (Wildman–Crippen MR) is 77.7 cm³/mol. The fraction of sp³-hybridized carbons (Fsp3) is 0.692. The lowest BCUT2D eigenvalue weighted by Gasteiger charge is -2.38. The molecule has 1 aromatic rings. The molecule has 1 fully saturated rings. The zero-order valence-corrected chi connectivity index (χ0v) is 12.0. The number of nitrogens with two attached hydrogens (primary N) is 1. The third-order valence-electron chi connectivity index (χ3n) is 3.69. The number of hydrogen-bond acceptors (Lipinski definition) is 4. The van der Waals surface area contributed by atoms with Gasteiger partial charge in [-0.1, -0.05) is 24.9 Å². The molecule has 106 valence electrons. The van der Waals surface area contributed by atoms with E-state index in [1.54, 1.807) is 6.20 Å². The van der Waals surface area contributed by atoms with Crippen LogP contribution in [0.2, 0.25) is 5.02 Å². The van der Waals surface area contributed by atoms with Gasteiger partial charge in [-0.15, -0.1) is 0 Å². The van der Waals surface area contributed by atoms with Gasteiger partial charge in [-0.2, -0.15) is 5.10 Å². The number of aryl methyl sites for hydroxylation is 1. The molecule has 5 nitrogen and oxygen atoms in total. The van der Waals surface area contributed by atoms with Crippen LogP contribution in [0.4, 0.5) is 5.69 Å². The van der Waals surface area contributed by atoms with Crippen LogP contribution in [0.1, 0.15) is 39.0 Å². The SMILES string of the molecule is CCCCn1ncc(NCC2(N)CCC2)c(Cl)c1=O. The number of aromatic nitrogens is 2. The van der Waals surface area contributed by atoms with E-state index in [-0.39, 0.29) is 16.1 Å². The fourth-order valence-electron chi connectivity index (χ4n) is 2.13. The largest absolute Gasteiger partial charge is 0.381 e. The molecule has 1 saturated carbocycles. The van der Waals surface area contributed by atoms with Crippen LogP contribution in [0, 0.1) is 0 Å². The van der Waals surface area contributed by atoms with Gasteiger partial charge in [0, 0.05) is 18.6 Å². The minimum Gasteiger partial charge on any atom is -0.381 e. The summed E-state index contributed by atoms with van der Waals surface area (Å²) in [6, 6.07) is 0. The summed E-state index contributed by atoms with van der Waals surface area (Å²) in [5.74, 6) is 0. The van der Waals surface area contributed by atoms with Gasteiger partial charge in [-0.3, -0.25) is 4.79 Å². The minimum absolute atomic E-state index is 0.152. The number of anilines is 1. The van der Waals surface area contributed by atoms with Crippen LogP contribution < -0.4 is 16.6 Å². The first-order chi connectivity index (χ1) is 9.06. The van der Waals surface area contributed by atoms with Crippen LogP contribution >= 0.6 is 11.6 Å². The molecule has 3 N–H and O–H groups in total. The first kappa shape index (κ1) is 14.3. The van der Waals surface area contributed by atoms with Crippen LogP contribution in [-0.2, 0) is 6.54 Å². The lowest BCUT2D eigenvalue weighted by molar-refractivity contribution is 0.265. The van der Waals surface area contributed by atoms with E-state index in [0.717, 1.165) is 25.7 Å². The highest BCUT2D eigenvalue weighted by Crippen LogP contribution is 2.29. The molecule has 0 atom stereocenters. The van der Waals surface area contributed by atoms with Gasteiger partial charge in [0.15, 0.2) is 0 Å². The predicted octanol–water partition coefficient (Wildman–Crippen LogP) is 1.99. The van der Waals surface area contributed by atoms with E-state index in [4.69, 9.17) is 17.3 Å². The summed E-state index contributed by atoms with van der Waals surface area (Å²) in [7, 11) is 0. The van der Waals surface area contributed by atoms with Gasteiger partial charge < -0.3 is 11.1 Å². The van der Waals surface area contributed by atoms with Crippen molar-refractivity contribution >= 4 is 17.3 Å². The molecule has 0 aliphatic heterocycles. The topological polar surface area (TPSA) is 72.9 Å². The highest BCUT2D eigenvalue weighted by atomic mass is 35.5. The third kappa shape index (κ3) is 3.28. The molecule has 0 unspecified atom stereocenters. The van der Waals surface area contributed by atoms with Crippen LogP contribution in [0.3, 0.4) is 0 Å². The summed E-state index contributed by atoms with van der Waals surface area (Å²) in [4.78, 5) is 12.0. The maximum Gasteiger partial charge on any atom is 0.287 e. The molecule has 0 spiro atoms. The van der Waals surface area contributed by atoms with Gasteiger partial charge in [0.05, 0.1) is 11.9 Å². The summed E-state index contributed by atoms with van der Waals surface area (Å²) in [5, 5.41) is 7.49. The molecule has 19 heavy (non-hydrogen) atoms. The number of rotatable bonds is 6. The molecule has 0 bridgehead atoms. The highest BCUT2D eigenvalue weighted by molar-refractivity contribution is 6.32. The van der Waals surface area contributed by atoms with Crippen LogP contribution in [0.25, 0.3) is 0 Å². The second kappa shape index (κ2) is 5.92. The first-order valence-corrected chi connectivity index (χ1v) is 7.22. The van der Waals surface area contributed by atoms with Crippen molar-refractivity contribution in [2.75, 3.05) is 11.9 Å². The standard InChI is InChI=1S/C13H21ClN4O/c1-2-3-7-18-12(19)11(14)10(8-17-18)16-9-13(15)5-4-6-13/h8,16H,2-7,9,15H2,1H3. The smallest absolute Gasteiger partial charge is 0.287 e. The van der Waals surface area contributed by atoms with Gasteiger partial charge in [0.2, 0.25) is 0 Å². The Morgan fingerprint density at radius 1 is 1.58 bits per heavy atom. The molecule has 0 saturated heterocycles. The number of halogens is 1. The van der Waals surface area contributed by atoms with E-state index < -0.39 is 0 Å². The highest BCUT2D eigenvalue weighted by Gasteiger charge is 2.32. The summed E-state index contributed by atoms with van der Waals surface area (Å²) in [6.07, 6.45) is 6.74. The molecule has 1 heterocycles. The van der Waals surface area contributed by atoms with Gasteiger partial charge in [-0.05, 0) is 25.7 Å². The number of hydrogen-bond donors (Lipinski definition) is 2. The maximum absolute atomic E-state index is 12.0. The van der Waals surface area contributed by atoms with Crippen molar-refractivity contribution in [1.29, 1.82) is 0 Å². The molecule has 6 heteroatoms. The Hall–Kier alpha value is -1.07. The van der Waals surface area contributed by atoms with Gasteiger partial charge in [-0.25, -0.2) is 4.68 Å². The van der Waals surface area contributed by atoms with Crippen LogP contribution in [-0.4, -0.2) is 21.9 Å². The summed E-state index contributed by atoms with van der Waals surface area (Å²) < 4.78 is 1.42. The Morgan fingerprint density at radius 2 is 2.32 bits per heavy atom. The second-order valence-corrected chi connectivity index (χ2v) is 5.70. The van der Waals surface area contributed by atoms with Crippen LogP contribution in [0.5, 0.6) is 0 Å². The van der Waals surface area contributed by atoms with E-state index in [2.05, 4.69) is 17.3 Å². The Balaban J connectivity index is 2.05. The number of unbranched alkanes of at least 4 members (excludes halogenated alkanes) is 1. The molecule has 1 aromatic heterocycles. The summed E-state index contributed by atoms with van der Waals surface area (Å²) in [6.45, 7) is 3.31. The Bertz CT molecular complexity index is 496. The quantitative estimate of drug-likeness (QED) is 0.838. The van der Waals surface area contributed by atoms with E-state index in [9.17, 15) is 4.79 Å². The van der Waals surface area contributed by atoms with Gasteiger partial charge in [0.25, 0.3) is 5.56 Å². The molecule has 2 rings (SSSR count). The average Bonchev–Trinajstić information content (AvgIpc) is 2.37. The summed E-state index contributed by atoms with van der Waals surface area (Å²) in [5.41, 5.74) is 6.32. The van der Waals surface area contributed by atoms with Crippen molar-refractivity contribution in [3.8, 4) is 0 Å². The van der Waals surface area contributed by atoms with Gasteiger partial charge >= 0.3 is 0 Å². The normalized spacial score (nSPS) is 17.0. The molecular formula is C13H21ClN4O. The Labute approximate surface area is 118 Å². The molecular weight excluding hydrogens is 264 g/mol. The van der Waals surface area contributed by atoms with Crippen molar-refractivity contribution in [2.24, 2.45) is 5.73 Å². The van der Waals surface area contributed by atoms with E-state index in [0.29, 0.717) is 18.8 Å². The van der Waals surface area contributed by atoms with Crippen molar-refractivity contribution < 1.29 is 0 Å². The van der Waals surface area contributed by atoms with Crippen molar-refractivity contribution in [3.05, 3.63) is 21.6 Å². The average molecular weight is 285 g/mol. The molecule has 0 radical (unpaired) electrons. The van der Waals surface area contributed by atoms with E-state index in [1.807, 2.05) is 0 Å². The first-order valence-electron chi connectivity index (χ1n) is 6.84. The zero-order chi connectivity index (χ0) is 13.9. The summed E-state index contributed by atoms with van der Waals surface area (Å²) >= 11 is 6.09. The van der Waals surface area contributed by atoms with E-state index >= 15 is 0 Å². The van der Waals surface area contributed by atoms with Crippen LogP contribution in [0.15, 0.2) is 11.0 Å². The Kier molecular flexibility index (Phi) is 4.47. The number of nitrogens with one attached hydrogen (secondary N) is 1. The second-order valence-electron chi connectivity index (χ2n) is 5.32. The minimum atomic E-state index is -0.236. The molecule has 1 aliphatic rings. The number of nitrogens with zero attached hydrogens (tertiary/aromatic N) is 2. The third-order valence-corrected chi connectivity index (χ3v) is 4.05. The molecule has 0 aromatic carbocycles. The van der Waals surface area contributed by atoms with E-state index in [1.165, 1.54) is 11.1 Å². The monoisotopic (exact) mass is 284 g/mol. The molecule has 0 amide bonds. The maximum atomic E-state index is 12.0. The van der Waals surface area contributed by atoms with Crippen molar-refractivity contribution in [2.45, 2.75) is 51.1 Å².